The van der Waals surface area contributed by atoms with Gasteiger partial charge in [0.15, 0.2) is 5.76 Å². The van der Waals surface area contributed by atoms with Crippen LogP contribution >= 0.6 is 0 Å². The van der Waals surface area contributed by atoms with Crippen molar-refractivity contribution in [1.29, 1.82) is 0 Å². The summed E-state index contributed by atoms with van der Waals surface area (Å²) in [5.74, 6) is -3.76. The molecule has 0 unspecified atom stereocenters. The van der Waals surface area contributed by atoms with Crippen molar-refractivity contribution < 1.29 is 18.0 Å². The van der Waals surface area contributed by atoms with Crippen LogP contribution in [0.3, 0.4) is 0 Å². The molecule has 0 radical (unpaired) electrons. The van der Waals surface area contributed by atoms with Gasteiger partial charge in [0, 0.05) is 0 Å². The van der Waals surface area contributed by atoms with Crippen molar-refractivity contribution in [2.75, 3.05) is 0 Å². The van der Waals surface area contributed by atoms with Gasteiger partial charge < -0.3 is 4.43 Å². The lowest BCUT2D eigenvalue weighted by Crippen LogP contribution is -2.69. The molecule has 150 valence electrons. The van der Waals surface area contributed by atoms with Crippen LogP contribution in [-0.4, -0.2) is 20.5 Å². The molecule has 3 aromatic rings. The highest BCUT2D eigenvalue weighted by atomic mass is 28.4. The Hall–Kier alpha value is -3.31. The number of hydrogen-bond donors (Lipinski definition) is 0. The van der Waals surface area contributed by atoms with Gasteiger partial charge in [-0.3, -0.25) is 4.79 Å². The minimum atomic E-state index is -3.36. The van der Waals surface area contributed by atoms with Crippen molar-refractivity contribution in [3.05, 3.63) is 114 Å². The SMILES string of the molecule is O=CC1=CC(F)(F)C(O[Si](c2ccccc2)(c2ccccc2)c2ccccc2)=CC1. The lowest BCUT2D eigenvalue weighted by atomic mass is 10.0. The second-order valence-corrected chi connectivity index (χ2v) is 10.4. The number of carbonyl (C=O) groups excluding carboxylic acids is 1. The van der Waals surface area contributed by atoms with Crippen molar-refractivity contribution in [3.8, 4) is 0 Å². The molecule has 0 amide bonds. The van der Waals surface area contributed by atoms with E-state index in [-0.39, 0.29) is 12.0 Å². The average molecular weight is 419 g/mol. The van der Waals surface area contributed by atoms with E-state index in [1.165, 1.54) is 6.08 Å². The summed E-state index contributed by atoms with van der Waals surface area (Å²) in [4.78, 5) is 11.0. The molecule has 0 saturated heterocycles. The number of halogens is 2. The number of aldehydes is 1. The predicted molar refractivity (Wildman–Crippen MR) is 117 cm³/mol. The Morgan fingerprint density at radius 3 is 1.57 bits per heavy atom. The summed E-state index contributed by atoms with van der Waals surface area (Å²) >= 11 is 0. The molecule has 0 N–H and O–H groups in total. The van der Waals surface area contributed by atoms with Crippen molar-refractivity contribution >= 4 is 30.2 Å². The Labute approximate surface area is 175 Å². The van der Waals surface area contributed by atoms with E-state index >= 15 is 0 Å². The van der Waals surface area contributed by atoms with Gasteiger partial charge in [0.25, 0.3) is 0 Å². The van der Waals surface area contributed by atoms with Gasteiger partial charge in [-0.25, -0.2) is 0 Å². The highest BCUT2D eigenvalue weighted by Crippen LogP contribution is 2.34. The van der Waals surface area contributed by atoms with E-state index < -0.39 is 20.0 Å². The van der Waals surface area contributed by atoms with Gasteiger partial charge >= 0.3 is 14.2 Å². The van der Waals surface area contributed by atoms with Crippen LogP contribution in [0.4, 0.5) is 8.78 Å². The normalized spacial score (nSPS) is 15.7. The summed E-state index contributed by atoms with van der Waals surface area (Å²) in [6.07, 6.45) is 2.63. The van der Waals surface area contributed by atoms with E-state index in [0.717, 1.165) is 15.6 Å². The van der Waals surface area contributed by atoms with Gasteiger partial charge in [0.05, 0.1) is 0 Å². The first-order valence-electron chi connectivity index (χ1n) is 9.67. The minimum absolute atomic E-state index is 0.0544. The van der Waals surface area contributed by atoms with Crippen LogP contribution in [0, 0.1) is 0 Å². The highest BCUT2D eigenvalue weighted by molar-refractivity contribution is 7.07. The van der Waals surface area contributed by atoms with Crippen LogP contribution in [0.25, 0.3) is 0 Å². The molecule has 0 spiro atoms. The van der Waals surface area contributed by atoms with Crippen molar-refractivity contribution in [1.82, 2.24) is 0 Å². The van der Waals surface area contributed by atoms with Crippen molar-refractivity contribution in [2.45, 2.75) is 12.3 Å². The summed E-state index contributed by atoms with van der Waals surface area (Å²) in [5, 5.41) is 2.60. The molecule has 0 aliphatic heterocycles. The largest absolute Gasteiger partial charge is 0.529 e. The highest BCUT2D eigenvalue weighted by Gasteiger charge is 2.48. The molecule has 3 aromatic carbocycles. The Morgan fingerprint density at radius 2 is 1.20 bits per heavy atom. The first-order chi connectivity index (χ1) is 14.6. The predicted octanol–water partition coefficient (Wildman–Crippen LogP) is 3.72. The van der Waals surface area contributed by atoms with Crippen molar-refractivity contribution in [2.24, 2.45) is 0 Å². The van der Waals surface area contributed by atoms with Crippen LogP contribution in [-0.2, 0) is 9.22 Å². The fourth-order valence-electron chi connectivity index (χ4n) is 3.76. The first kappa shape index (κ1) is 20.0. The molecule has 1 aliphatic rings. The molecule has 2 nitrogen and oxygen atoms in total. The number of alkyl halides is 2. The van der Waals surface area contributed by atoms with E-state index in [1.807, 2.05) is 91.0 Å². The smallest absolute Gasteiger partial charge is 0.346 e. The summed E-state index contributed by atoms with van der Waals surface area (Å²) in [6.45, 7) is 0. The van der Waals surface area contributed by atoms with Gasteiger partial charge in [-0.05, 0) is 39.7 Å². The van der Waals surface area contributed by atoms with E-state index in [4.69, 9.17) is 4.43 Å². The lowest BCUT2D eigenvalue weighted by Gasteiger charge is -2.36. The zero-order valence-electron chi connectivity index (χ0n) is 16.2. The third kappa shape index (κ3) is 3.64. The minimum Gasteiger partial charge on any atom is -0.529 e. The molecular formula is C25H20F2O2Si. The Bertz CT molecular complexity index is 981. The Kier molecular flexibility index (Phi) is 5.46. The molecule has 0 bridgehead atoms. The summed E-state index contributed by atoms with van der Waals surface area (Å²) in [5.41, 5.74) is 0.0544. The average Bonchev–Trinajstić information content (AvgIpc) is 2.80. The van der Waals surface area contributed by atoms with Gasteiger partial charge in [0.1, 0.15) is 6.29 Å². The van der Waals surface area contributed by atoms with Gasteiger partial charge in [-0.1, -0.05) is 91.0 Å². The number of carbonyl (C=O) groups is 1. The second kappa shape index (κ2) is 8.20. The number of allylic oxidation sites excluding steroid dienone is 3. The zero-order chi connectivity index (χ0) is 21.0. The first-order valence-corrected chi connectivity index (χ1v) is 11.6. The third-order valence-corrected chi connectivity index (χ3v) is 9.14. The van der Waals surface area contributed by atoms with Crippen LogP contribution in [0.1, 0.15) is 6.42 Å². The van der Waals surface area contributed by atoms with E-state index in [9.17, 15) is 13.6 Å². The molecule has 4 rings (SSSR count). The molecule has 0 fully saturated rings. The summed E-state index contributed by atoms with van der Waals surface area (Å²) in [6, 6.07) is 28.6. The molecule has 5 heteroatoms. The maximum absolute atomic E-state index is 15.0. The monoisotopic (exact) mass is 418 g/mol. The van der Waals surface area contributed by atoms with Crippen LogP contribution in [0.15, 0.2) is 114 Å². The number of rotatable bonds is 6. The van der Waals surface area contributed by atoms with E-state index in [1.54, 1.807) is 0 Å². The second-order valence-electron chi connectivity index (χ2n) is 7.11. The van der Waals surface area contributed by atoms with Gasteiger partial charge in [-0.15, -0.1) is 0 Å². The van der Waals surface area contributed by atoms with Crippen LogP contribution < -0.4 is 15.6 Å². The van der Waals surface area contributed by atoms with Crippen molar-refractivity contribution in [3.63, 3.8) is 0 Å². The lowest BCUT2D eigenvalue weighted by molar-refractivity contribution is -0.105. The van der Waals surface area contributed by atoms with E-state index in [2.05, 4.69) is 0 Å². The maximum atomic E-state index is 15.0. The quantitative estimate of drug-likeness (QED) is 0.347. The standard InChI is InChI=1S/C25H20F2O2Si/c26-25(27)18-20(19-28)16-17-24(25)29-30(21-10-4-1-5-11-21,22-12-6-2-7-13-22)23-14-8-3-9-15-23/h1-15,17-19H,16H2. The zero-order valence-corrected chi connectivity index (χ0v) is 17.2. The molecular weight excluding hydrogens is 398 g/mol. The molecule has 1 aliphatic carbocycles. The van der Waals surface area contributed by atoms with Crippen LogP contribution in [0.5, 0.6) is 0 Å². The maximum Gasteiger partial charge on any atom is 0.346 e. The molecule has 0 saturated carbocycles. The molecule has 0 heterocycles. The summed E-state index contributed by atoms with van der Waals surface area (Å²) < 4.78 is 36.4. The fraction of sp³-hybridized carbons (Fsp3) is 0.0800. The molecule has 0 atom stereocenters. The Morgan fingerprint density at radius 1 is 0.767 bits per heavy atom. The molecule has 0 aromatic heterocycles. The number of benzene rings is 3. The fourth-order valence-corrected chi connectivity index (χ4v) is 7.65. The van der Waals surface area contributed by atoms with Crippen LogP contribution in [0.2, 0.25) is 0 Å². The third-order valence-electron chi connectivity index (χ3n) is 5.17. The van der Waals surface area contributed by atoms with Gasteiger partial charge in [0.2, 0.25) is 0 Å². The summed E-state index contributed by atoms with van der Waals surface area (Å²) in [7, 11) is -3.30. The number of hydrogen-bond acceptors (Lipinski definition) is 2. The van der Waals surface area contributed by atoms with E-state index in [0.29, 0.717) is 12.4 Å². The molecule has 30 heavy (non-hydrogen) atoms. The Balaban J connectivity index is 1.95. The van der Waals surface area contributed by atoms with Gasteiger partial charge in [-0.2, -0.15) is 8.78 Å². The topological polar surface area (TPSA) is 26.3 Å².